The number of thioether (sulfide) groups is 1. The van der Waals surface area contributed by atoms with Crippen LogP contribution < -0.4 is 5.32 Å². The molecule has 1 heterocycles. The molecule has 0 radical (unpaired) electrons. The van der Waals surface area contributed by atoms with Crippen molar-refractivity contribution in [1.82, 2.24) is 10.2 Å². The Hall–Kier alpha value is -1.16. The second-order valence-corrected chi connectivity index (χ2v) is 9.10. The summed E-state index contributed by atoms with van der Waals surface area (Å²) in [5, 5.41) is 2.41. The van der Waals surface area contributed by atoms with Gasteiger partial charge in [0.2, 0.25) is 17.7 Å². The number of nitrogens with zero attached hydrogens (tertiary/aromatic N) is 1. The summed E-state index contributed by atoms with van der Waals surface area (Å²) < 4.78 is 16.3. The number of hydrogen-bond acceptors (Lipinski definition) is 7. The molecule has 0 aromatic heterocycles. The Morgan fingerprint density at radius 1 is 1.07 bits per heavy atom. The fourth-order valence-corrected chi connectivity index (χ4v) is 3.19. The van der Waals surface area contributed by atoms with Crippen molar-refractivity contribution in [3.63, 3.8) is 0 Å². The first kappa shape index (κ1) is 25.9. The average molecular weight is 433 g/mol. The quantitative estimate of drug-likeness (QED) is 0.309. The number of imide groups is 1. The predicted molar refractivity (Wildman–Crippen MR) is 113 cm³/mol. The van der Waals surface area contributed by atoms with Gasteiger partial charge in [0, 0.05) is 32.5 Å². The fourth-order valence-electron chi connectivity index (χ4n) is 2.56. The lowest BCUT2D eigenvalue weighted by Crippen LogP contribution is -2.36. The Balaban J connectivity index is 1.92. The third-order valence-corrected chi connectivity index (χ3v) is 5.30. The summed E-state index contributed by atoms with van der Waals surface area (Å²) in [4.78, 5) is 36.8. The second kappa shape index (κ2) is 14.0. The molecule has 0 bridgehead atoms. The molecule has 1 fully saturated rings. The van der Waals surface area contributed by atoms with Gasteiger partial charge < -0.3 is 19.5 Å². The van der Waals surface area contributed by atoms with Gasteiger partial charge in [-0.1, -0.05) is 20.8 Å². The van der Waals surface area contributed by atoms with E-state index in [-0.39, 0.29) is 47.8 Å². The molecule has 1 saturated heterocycles. The first-order chi connectivity index (χ1) is 13.7. The molecule has 0 aromatic rings. The van der Waals surface area contributed by atoms with E-state index in [2.05, 4.69) is 26.1 Å². The molecule has 1 rings (SSSR count). The molecular weight excluding hydrogens is 396 g/mol. The molecule has 0 saturated carbocycles. The van der Waals surface area contributed by atoms with Crippen molar-refractivity contribution in [3.8, 4) is 0 Å². The van der Waals surface area contributed by atoms with Crippen LogP contribution in [0.3, 0.4) is 0 Å². The Kier molecular flexibility index (Phi) is 12.4. The van der Waals surface area contributed by atoms with Crippen LogP contribution in [-0.2, 0) is 28.6 Å². The van der Waals surface area contributed by atoms with Crippen molar-refractivity contribution in [2.45, 2.75) is 45.3 Å². The molecule has 8 nitrogen and oxygen atoms in total. The third kappa shape index (κ3) is 11.6. The van der Waals surface area contributed by atoms with E-state index in [9.17, 15) is 14.4 Å². The Labute approximate surface area is 178 Å². The summed E-state index contributed by atoms with van der Waals surface area (Å²) in [5.74, 6) is -0.603. The van der Waals surface area contributed by atoms with Crippen LogP contribution in [0.1, 0.15) is 40.0 Å². The zero-order chi connectivity index (χ0) is 21.7. The van der Waals surface area contributed by atoms with Gasteiger partial charge in [0.25, 0.3) is 0 Å². The maximum Gasteiger partial charge on any atom is 0.242 e. The van der Waals surface area contributed by atoms with Crippen LogP contribution in [-0.4, -0.2) is 86.9 Å². The van der Waals surface area contributed by atoms with E-state index < -0.39 is 0 Å². The normalized spacial score (nSPS) is 17.2. The molecule has 1 aliphatic rings. The minimum atomic E-state index is -0.309. The van der Waals surface area contributed by atoms with E-state index in [1.54, 1.807) is 6.26 Å². The number of carbonyl (C=O) groups excluding carboxylic acids is 3. The van der Waals surface area contributed by atoms with Crippen LogP contribution in [0.4, 0.5) is 0 Å². The lowest BCUT2D eigenvalue weighted by Gasteiger charge is -2.17. The molecule has 0 aromatic carbocycles. The average Bonchev–Trinajstić information content (AvgIpc) is 2.93. The Morgan fingerprint density at radius 2 is 1.66 bits per heavy atom. The van der Waals surface area contributed by atoms with E-state index in [4.69, 9.17) is 14.2 Å². The number of carbonyl (C=O) groups is 3. The van der Waals surface area contributed by atoms with Crippen LogP contribution in [0.15, 0.2) is 0 Å². The highest BCUT2D eigenvalue weighted by Gasteiger charge is 2.37. The van der Waals surface area contributed by atoms with Crippen LogP contribution in [0, 0.1) is 5.41 Å². The fraction of sp³-hybridized carbons (Fsp3) is 0.850. The number of hydrogen-bond donors (Lipinski definition) is 1. The zero-order valence-electron chi connectivity index (χ0n) is 18.2. The smallest absolute Gasteiger partial charge is 0.242 e. The van der Waals surface area contributed by atoms with Gasteiger partial charge in [-0.3, -0.25) is 19.3 Å². The molecule has 0 spiro atoms. The van der Waals surface area contributed by atoms with Gasteiger partial charge in [-0.15, -0.1) is 0 Å². The molecule has 9 heteroatoms. The molecule has 1 aliphatic heterocycles. The SMILES string of the molecule is CSC1CC(=O)N(CCC(=O)NCCOCCOCCOCCC(C)(C)C)C1=O. The number of likely N-dealkylation sites (tertiary alicyclic amines) is 1. The van der Waals surface area contributed by atoms with Crippen LogP contribution in [0.2, 0.25) is 0 Å². The Bertz CT molecular complexity index is 524. The van der Waals surface area contributed by atoms with Crippen molar-refractivity contribution in [3.05, 3.63) is 0 Å². The first-order valence-electron chi connectivity index (χ1n) is 10.1. The highest BCUT2D eigenvalue weighted by molar-refractivity contribution is 8.00. The maximum absolute atomic E-state index is 12.0. The minimum absolute atomic E-state index is 0.108. The lowest BCUT2D eigenvalue weighted by atomic mass is 9.93. The summed E-state index contributed by atoms with van der Waals surface area (Å²) >= 11 is 1.37. The molecule has 168 valence electrons. The summed E-state index contributed by atoms with van der Waals surface area (Å²) in [7, 11) is 0. The highest BCUT2D eigenvalue weighted by atomic mass is 32.2. The number of nitrogens with one attached hydrogen (secondary N) is 1. The zero-order valence-corrected chi connectivity index (χ0v) is 19.0. The standard InChI is InChI=1S/C20H36N2O6S/c1-20(2,3)6-9-26-11-13-28-14-12-27-10-7-21-17(23)5-8-22-18(24)15-16(29-4)19(22)25/h16H,5-15H2,1-4H3,(H,21,23). The number of rotatable bonds is 15. The maximum atomic E-state index is 12.0. The van der Waals surface area contributed by atoms with Crippen molar-refractivity contribution >= 4 is 29.5 Å². The van der Waals surface area contributed by atoms with E-state index in [0.717, 1.165) is 13.0 Å². The van der Waals surface area contributed by atoms with E-state index >= 15 is 0 Å². The number of amides is 3. The summed E-state index contributed by atoms with van der Waals surface area (Å²) in [6, 6.07) is 0. The van der Waals surface area contributed by atoms with Crippen LogP contribution in [0.25, 0.3) is 0 Å². The van der Waals surface area contributed by atoms with Crippen molar-refractivity contribution in [2.24, 2.45) is 5.41 Å². The molecule has 3 amide bonds. The topological polar surface area (TPSA) is 94.2 Å². The van der Waals surface area contributed by atoms with Crippen molar-refractivity contribution in [2.75, 3.05) is 59.0 Å². The van der Waals surface area contributed by atoms with E-state index in [0.29, 0.717) is 39.6 Å². The molecular formula is C20H36N2O6S. The molecule has 29 heavy (non-hydrogen) atoms. The van der Waals surface area contributed by atoms with Gasteiger partial charge in [0.05, 0.1) is 38.3 Å². The highest BCUT2D eigenvalue weighted by Crippen LogP contribution is 2.23. The largest absolute Gasteiger partial charge is 0.379 e. The van der Waals surface area contributed by atoms with Gasteiger partial charge >= 0.3 is 0 Å². The third-order valence-electron chi connectivity index (χ3n) is 4.36. The lowest BCUT2D eigenvalue weighted by molar-refractivity contribution is -0.138. The van der Waals surface area contributed by atoms with E-state index in [1.807, 2.05) is 0 Å². The van der Waals surface area contributed by atoms with Crippen LogP contribution >= 0.6 is 11.8 Å². The molecule has 1 atom stereocenters. The van der Waals surface area contributed by atoms with Crippen LogP contribution in [0.5, 0.6) is 0 Å². The summed E-state index contributed by atoms with van der Waals surface area (Å²) in [6.07, 6.45) is 3.15. The second-order valence-electron chi connectivity index (χ2n) is 8.06. The summed E-state index contributed by atoms with van der Waals surface area (Å²) in [5.41, 5.74) is 0.282. The van der Waals surface area contributed by atoms with Gasteiger partial charge in [-0.25, -0.2) is 0 Å². The summed E-state index contributed by atoms with van der Waals surface area (Å²) in [6.45, 7) is 10.2. The van der Waals surface area contributed by atoms with Gasteiger partial charge in [-0.2, -0.15) is 11.8 Å². The predicted octanol–water partition coefficient (Wildman–Crippen LogP) is 1.47. The molecule has 1 N–H and O–H groups in total. The van der Waals surface area contributed by atoms with Gasteiger partial charge in [0.1, 0.15) is 0 Å². The minimum Gasteiger partial charge on any atom is -0.379 e. The monoisotopic (exact) mass is 432 g/mol. The number of ether oxygens (including phenoxy) is 3. The van der Waals surface area contributed by atoms with Crippen molar-refractivity contribution in [1.29, 1.82) is 0 Å². The van der Waals surface area contributed by atoms with E-state index in [1.165, 1.54) is 16.7 Å². The molecule has 0 aliphatic carbocycles. The van der Waals surface area contributed by atoms with Crippen molar-refractivity contribution < 1.29 is 28.6 Å². The molecule has 1 unspecified atom stereocenters. The van der Waals surface area contributed by atoms with Gasteiger partial charge in [0.15, 0.2) is 0 Å². The Morgan fingerprint density at radius 3 is 2.21 bits per heavy atom. The first-order valence-corrected chi connectivity index (χ1v) is 11.4. The van der Waals surface area contributed by atoms with Gasteiger partial charge in [-0.05, 0) is 18.1 Å².